The minimum atomic E-state index is -0.885. The number of halogens is 1. The van der Waals surface area contributed by atoms with Gasteiger partial charge in [0.15, 0.2) is 0 Å². The van der Waals surface area contributed by atoms with Gasteiger partial charge in [-0.05, 0) is 43.5 Å². The third-order valence-corrected chi connectivity index (χ3v) is 3.71. The maximum absolute atomic E-state index is 12.7. The quantitative estimate of drug-likeness (QED) is 0.761. The van der Waals surface area contributed by atoms with Crippen LogP contribution >= 0.6 is 11.8 Å². The molecule has 0 bridgehead atoms. The molecule has 1 aromatic rings. The van der Waals surface area contributed by atoms with Crippen molar-refractivity contribution in [2.45, 2.75) is 37.7 Å². The van der Waals surface area contributed by atoms with Gasteiger partial charge in [-0.15, -0.1) is 11.8 Å². The molecule has 112 valence electrons. The average molecular weight is 299 g/mol. The number of carbonyl (C=O) groups excluding carboxylic acids is 1. The maximum Gasteiger partial charge on any atom is 0.230 e. The van der Waals surface area contributed by atoms with Gasteiger partial charge in [-0.1, -0.05) is 13.8 Å². The summed E-state index contributed by atoms with van der Waals surface area (Å²) in [4.78, 5) is 12.5. The van der Waals surface area contributed by atoms with Crippen LogP contribution in [0.4, 0.5) is 4.39 Å². The molecule has 0 saturated heterocycles. The van der Waals surface area contributed by atoms with Crippen molar-refractivity contribution in [3.63, 3.8) is 0 Å². The van der Waals surface area contributed by atoms with Gasteiger partial charge in [0.05, 0.1) is 11.4 Å². The van der Waals surface area contributed by atoms with Crippen LogP contribution in [0.25, 0.3) is 0 Å². The van der Waals surface area contributed by atoms with Gasteiger partial charge in [-0.3, -0.25) is 4.79 Å². The Labute approximate surface area is 124 Å². The van der Waals surface area contributed by atoms with E-state index in [9.17, 15) is 14.3 Å². The molecular formula is C15H22FNO2S. The average Bonchev–Trinajstić information content (AvgIpc) is 2.34. The van der Waals surface area contributed by atoms with Crippen molar-refractivity contribution in [2.24, 2.45) is 5.92 Å². The minimum Gasteiger partial charge on any atom is -0.388 e. The second-order valence-electron chi connectivity index (χ2n) is 5.61. The lowest BCUT2D eigenvalue weighted by molar-refractivity contribution is -0.119. The third-order valence-electron chi connectivity index (χ3n) is 2.70. The Balaban J connectivity index is 2.32. The van der Waals surface area contributed by atoms with Crippen LogP contribution in [-0.2, 0) is 4.79 Å². The lowest BCUT2D eigenvalue weighted by atomic mass is 9.94. The molecule has 0 radical (unpaired) electrons. The lowest BCUT2D eigenvalue weighted by Gasteiger charge is -2.25. The van der Waals surface area contributed by atoms with Gasteiger partial charge in [-0.2, -0.15) is 0 Å². The van der Waals surface area contributed by atoms with E-state index in [-0.39, 0.29) is 24.0 Å². The summed E-state index contributed by atoms with van der Waals surface area (Å²) in [6.45, 7) is 6.02. The monoisotopic (exact) mass is 299 g/mol. The van der Waals surface area contributed by atoms with Gasteiger partial charge in [-0.25, -0.2) is 4.39 Å². The SMILES string of the molecule is CC(C)CC(C)(O)CNC(=O)CSc1ccc(F)cc1. The molecule has 1 atom stereocenters. The van der Waals surface area contributed by atoms with E-state index in [1.165, 1.54) is 23.9 Å². The molecule has 20 heavy (non-hydrogen) atoms. The highest BCUT2D eigenvalue weighted by Gasteiger charge is 2.22. The van der Waals surface area contributed by atoms with Crippen LogP contribution in [0.2, 0.25) is 0 Å². The lowest BCUT2D eigenvalue weighted by Crippen LogP contribution is -2.42. The predicted octanol–water partition coefficient (Wildman–Crippen LogP) is 2.83. The smallest absolute Gasteiger partial charge is 0.230 e. The molecular weight excluding hydrogens is 277 g/mol. The van der Waals surface area contributed by atoms with Gasteiger partial charge < -0.3 is 10.4 Å². The standard InChI is InChI=1S/C15H22FNO2S/c1-11(2)8-15(3,19)10-17-14(18)9-20-13-6-4-12(16)5-7-13/h4-7,11,19H,8-10H2,1-3H3,(H,17,18). The van der Waals surface area contributed by atoms with Crippen molar-refractivity contribution in [1.29, 1.82) is 0 Å². The fraction of sp³-hybridized carbons (Fsp3) is 0.533. The van der Waals surface area contributed by atoms with Gasteiger partial charge in [0.2, 0.25) is 5.91 Å². The zero-order chi connectivity index (χ0) is 15.2. The Morgan fingerprint density at radius 3 is 2.55 bits per heavy atom. The predicted molar refractivity (Wildman–Crippen MR) is 80.2 cm³/mol. The molecule has 0 spiro atoms. The molecule has 5 heteroatoms. The van der Waals surface area contributed by atoms with E-state index >= 15 is 0 Å². The molecule has 0 saturated carbocycles. The third kappa shape index (κ3) is 6.91. The largest absolute Gasteiger partial charge is 0.388 e. The summed E-state index contributed by atoms with van der Waals surface area (Å²) in [5.41, 5.74) is -0.885. The molecule has 0 aliphatic carbocycles. The Morgan fingerprint density at radius 1 is 1.40 bits per heavy atom. The molecule has 0 aromatic heterocycles. The first kappa shape index (κ1) is 17.0. The highest BCUT2D eigenvalue weighted by Crippen LogP contribution is 2.18. The summed E-state index contributed by atoms with van der Waals surface area (Å²) < 4.78 is 12.7. The molecule has 1 amide bonds. The normalized spacial score (nSPS) is 14.1. The molecule has 0 heterocycles. The van der Waals surface area contributed by atoms with Crippen molar-refractivity contribution >= 4 is 17.7 Å². The second-order valence-corrected chi connectivity index (χ2v) is 6.66. The van der Waals surface area contributed by atoms with Crippen molar-refractivity contribution in [3.8, 4) is 0 Å². The Hall–Kier alpha value is -1.07. The highest BCUT2D eigenvalue weighted by molar-refractivity contribution is 8.00. The van der Waals surface area contributed by atoms with E-state index in [4.69, 9.17) is 0 Å². The van der Waals surface area contributed by atoms with Crippen molar-refractivity contribution in [2.75, 3.05) is 12.3 Å². The molecule has 1 aromatic carbocycles. The van der Waals surface area contributed by atoms with Crippen LogP contribution in [0.5, 0.6) is 0 Å². The van der Waals surface area contributed by atoms with E-state index in [2.05, 4.69) is 5.32 Å². The number of thioether (sulfide) groups is 1. The van der Waals surface area contributed by atoms with E-state index < -0.39 is 5.60 Å². The van der Waals surface area contributed by atoms with Gasteiger partial charge in [0.25, 0.3) is 0 Å². The number of aliphatic hydroxyl groups is 1. The number of rotatable bonds is 7. The van der Waals surface area contributed by atoms with Crippen LogP contribution in [0.15, 0.2) is 29.2 Å². The number of hydrogen-bond acceptors (Lipinski definition) is 3. The topological polar surface area (TPSA) is 49.3 Å². The van der Waals surface area contributed by atoms with Gasteiger partial charge >= 0.3 is 0 Å². The first-order chi connectivity index (χ1) is 9.28. The van der Waals surface area contributed by atoms with E-state index in [1.807, 2.05) is 13.8 Å². The summed E-state index contributed by atoms with van der Waals surface area (Å²) >= 11 is 1.34. The molecule has 0 aliphatic rings. The second kappa shape index (κ2) is 7.64. The van der Waals surface area contributed by atoms with E-state index in [0.29, 0.717) is 12.3 Å². The summed E-state index contributed by atoms with van der Waals surface area (Å²) in [6.07, 6.45) is 0.637. The highest BCUT2D eigenvalue weighted by atomic mass is 32.2. The molecule has 1 rings (SSSR count). The fourth-order valence-electron chi connectivity index (χ4n) is 1.97. The Bertz CT molecular complexity index is 432. The number of hydrogen-bond donors (Lipinski definition) is 2. The van der Waals surface area contributed by atoms with Crippen LogP contribution in [-0.4, -0.2) is 28.9 Å². The van der Waals surface area contributed by atoms with Crippen molar-refractivity contribution in [1.82, 2.24) is 5.32 Å². The van der Waals surface area contributed by atoms with E-state index in [0.717, 1.165) is 4.90 Å². The van der Waals surface area contributed by atoms with Gasteiger partial charge in [0.1, 0.15) is 5.82 Å². The molecule has 2 N–H and O–H groups in total. The number of benzene rings is 1. The molecule has 1 unspecified atom stereocenters. The Morgan fingerprint density at radius 2 is 2.00 bits per heavy atom. The number of amides is 1. The number of nitrogens with one attached hydrogen (secondary N) is 1. The summed E-state index contributed by atoms with van der Waals surface area (Å²) in [5, 5.41) is 12.8. The summed E-state index contributed by atoms with van der Waals surface area (Å²) in [6, 6.07) is 6.02. The van der Waals surface area contributed by atoms with Crippen molar-refractivity contribution in [3.05, 3.63) is 30.1 Å². The molecule has 0 fully saturated rings. The van der Waals surface area contributed by atoms with Crippen LogP contribution < -0.4 is 5.32 Å². The Kier molecular flexibility index (Phi) is 6.49. The number of carbonyl (C=O) groups is 1. The van der Waals surface area contributed by atoms with Crippen LogP contribution in [0.1, 0.15) is 27.2 Å². The van der Waals surface area contributed by atoms with Crippen LogP contribution in [0, 0.1) is 11.7 Å². The van der Waals surface area contributed by atoms with Crippen LogP contribution in [0.3, 0.4) is 0 Å². The zero-order valence-electron chi connectivity index (χ0n) is 12.1. The summed E-state index contributed by atoms with van der Waals surface area (Å²) in [7, 11) is 0. The fourth-order valence-corrected chi connectivity index (χ4v) is 2.70. The zero-order valence-corrected chi connectivity index (χ0v) is 13.0. The first-order valence-electron chi connectivity index (χ1n) is 6.66. The molecule has 0 aliphatic heterocycles. The molecule has 3 nitrogen and oxygen atoms in total. The van der Waals surface area contributed by atoms with Gasteiger partial charge in [0, 0.05) is 11.4 Å². The van der Waals surface area contributed by atoms with Crippen molar-refractivity contribution < 1.29 is 14.3 Å². The maximum atomic E-state index is 12.7. The summed E-state index contributed by atoms with van der Waals surface area (Å²) in [5.74, 6) is 0.200. The first-order valence-corrected chi connectivity index (χ1v) is 7.64. The minimum absolute atomic E-state index is 0.136. The van der Waals surface area contributed by atoms with E-state index in [1.54, 1.807) is 19.1 Å².